The Balaban J connectivity index is 2.75. The van der Waals surface area contributed by atoms with Crippen molar-refractivity contribution in [3.05, 3.63) is 24.3 Å². The number of hydrogen-bond donors (Lipinski definition) is 3. The van der Waals surface area contributed by atoms with Gasteiger partial charge in [-0.15, -0.1) is 0 Å². The number of rotatable bonds is 7. The minimum atomic E-state index is -3.73. The third kappa shape index (κ3) is 5.84. The van der Waals surface area contributed by atoms with Gasteiger partial charge < -0.3 is 9.84 Å². The molecular weight excluding hydrogens is 328 g/mol. The van der Waals surface area contributed by atoms with E-state index in [1.54, 1.807) is 6.92 Å². The van der Waals surface area contributed by atoms with Crippen LogP contribution in [0.15, 0.2) is 29.2 Å². The maximum Gasteiger partial charge on any atom is 0.411 e. The number of carbonyl (C=O) groups is 1. The topological polar surface area (TPSA) is 105 Å². The molecule has 0 aliphatic carbocycles. The minimum absolute atomic E-state index is 0.0443. The molecule has 9 heteroatoms. The molecule has 1 rings (SSSR count). The van der Waals surface area contributed by atoms with Crippen LogP contribution >= 0.6 is 11.8 Å². The number of hydrogen-bond acceptors (Lipinski definition) is 6. The molecule has 0 radical (unpaired) electrons. The normalized spacial score (nSPS) is 14.2. The first kappa shape index (κ1) is 18.8. The van der Waals surface area contributed by atoms with Crippen molar-refractivity contribution in [1.29, 1.82) is 0 Å². The summed E-state index contributed by atoms with van der Waals surface area (Å²) in [5.74, 6) is 0.414. The zero-order valence-corrected chi connectivity index (χ0v) is 14.3. The first-order valence-electron chi connectivity index (χ1n) is 6.36. The Morgan fingerprint density at radius 3 is 2.45 bits per heavy atom. The van der Waals surface area contributed by atoms with Gasteiger partial charge >= 0.3 is 6.09 Å². The van der Waals surface area contributed by atoms with E-state index < -0.39 is 21.7 Å². The second-order valence-electron chi connectivity index (χ2n) is 4.90. The molecule has 3 N–H and O–H groups in total. The third-order valence-corrected chi connectivity index (χ3v) is 5.02. The van der Waals surface area contributed by atoms with Crippen molar-refractivity contribution in [1.82, 2.24) is 4.72 Å². The largest absolute Gasteiger partial charge is 0.453 e. The van der Waals surface area contributed by atoms with Gasteiger partial charge in [-0.3, -0.25) is 5.32 Å². The SMILES string of the molecule is COC(=O)Nc1ccc(S(=O)(=O)NCC(C)(O)CSC)cc1. The van der Waals surface area contributed by atoms with Crippen LogP contribution in [0.4, 0.5) is 10.5 Å². The lowest BCUT2D eigenvalue weighted by molar-refractivity contribution is 0.0908. The van der Waals surface area contributed by atoms with E-state index in [1.165, 1.54) is 43.1 Å². The van der Waals surface area contributed by atoms with Gasteiger partial charge in [0.05, 0.1) is 17.6 Å². The van der Waals surface area contributed by atoms with Crippen LogP contribution in [0.2, 0.25) is 0 Å². The second-order valence-corrected chi connectivity index (χ2v) is 7.53. The lowest BCUT2D eigenvalue weighted by Crippen LogP contribution is -2.42. The number of amides is 1. The van der Waals surface area contributed by atoms with Crippen LogP contribution in [-0.2, 0) is 14.8 Å². The number of carbonyl (C=O) groups excluding carboxylic acids is 1. The fourth-order valence-corrected chi connectivity index (χ4v) is 3.47. The number of benzene rings is 1. The van der Waals surface area contributed by atoms with Gasteiger partial charge in [-0.25, -0.2) is 17.9 Å². The van der Waals surface area contributed by atoms with E-state index in [2.05, 4.69) is 14.8 Å². The lowest BCUT2D eigenvalue weighted by Gasteiger charge is -2.22. The molecule has 1 amide bonds. The lowest BCUT2D eigenvalue weighted by atomic mass is 10.1. The number of anilines is 1. The van der Waals surface area contributed by atoms with Gasteiger partial charge in [-0.1, -0.05) is 0 Å². The van der Waals surface area contributed by atoms with Crippen molar-refractivity contribution in [2.24, 2.45) is 0 Å². The van der Waals surface area contributed by atoms with E-state index in [9.17, 15) is 18.3 Å². The zero-order chi connectivity index (χ0) is 16.8. The van der Waals surface area contributed by atoms with Crippen molar-refractivity contribution in [3.63, 3.8) is 0 Å². The monoisotopic (exact) mass is 348 g/mol. The number of methoxy groups -OCH3 is 1. The van der Waals surface area contributed by atoms with Gasteiger partial charge in [0.2, 0.25) is 10.0 Å². The molecule has 0 aliphatic heterocycles. The summed E-state index contributed by atoms with van der Waals surface area (Å²) in [6, 6.07) is 5.62. The molecule has 0 aliphatic rings. The molecule has 124 valence electrons. The Bertz CT molecular complexity index is 599. The summed E-state index contributed by atoms with van der Waals surface area (Å²) in [5.41, 5.74) is -0.709. The summed E-state index contributed by atoms with van der Waals surface area (Å²) >= 11 is 1.43. The summed E-state index contributed by atoms with van der Waals surface area (Å²) in [6.45, 7) is 1.48. The van der Waals surface area contributed by atoms with Crippen molar-refractivity contribution < 1.29 is 23.1 Å². The van der Waals surface area contributed by atoms with Crippen molar-refractivity contribution in [2.75, 3.05) is 31.0 Å². The molecule has 22 heavy (non-hydrogen) atoms. The predicted molar refractivity (Wildman–Crippen MR) is 86.7 cm³/mol. The summed E-state index contributed by atoms with van der Waals surface area (Å²) in [5, 5.41) is 12.4. The first-order chi connectivity index (χ1) is 10.2. The average molecular weight is 348 g/mol. The van der Waals surface area contributed by atoms with E-state index >= 15 is 0 Å². The van der Waals surface area contributed by atoms with E-state index in [0.717, 1.165) is 0 Å². The number of aliphatic hydroxyl groups is 1. The van der Waals surface area contributed by atoms with E-state index in [-0.39, 0.29) is 11.4 Å². The summed E-state index contributed by atoms with van der Waals surface area (Å²) in [7, 11) is -2.49. The number of sulfonamides is 1. The molecule has 1 aromatic carbocycles. The van der Waals surface area contributed by atoms with Gasteiger partial charge in [-0.05, 0) is 37.4 Å². The zero-order valence-electron chi connectivity index (χ0n) is 12.6. The van der Waals surface area contributed by atoms with Crippen molar-refractivity contribution in [2.45, 2.75) is 17.4 Å². The smallest absolute Gasteiger partial charge is 0.411 e. The fraction of sp³-hybridized carbons (Fsp3) is 0.462. The van der Waals surface area contributed by atoms with E-state index in [1.807, 2.05) is 6.26 Å². The predicted octanol–water partition coefficient (Wildman–Crippen LogP) is 1.26. The highest BCUT2D eigenvalue weighted by Gasteiger charge is 2.23. The molecule has 1 unspecified atom stereocenters. The molecule has 1 atom stereocenters. The molecule has 0 aromatic heterocycles. The Morgan fingerprint density at radius 2 is 1.95 bits per heavy atom. The van der Waals surface area contributed by atoms with Crippen LogP contribution in [0.1, 0.15) is 6.92 Å². The van der Waals surface area contributed by atoms with Gasteiger partial charge in [0.1, 0.15) is 0 Å². The molecule has 0 saturated heterocycles. The molecule has 1 aromatic rings. The Morgan fingerprint density at radius 1 is 1.36 bits per heavy atom. The maximum absolute atomic E-state index is 12.1. The Hall–Kier alpha value is -1.29. The first-order valence-corrected chi connectivity index (χ1v) is 9.24. The molecule has 0 fully saturated rings. The Labute approximate surface area is 134 Å². The molecule has 0 saturated carbocycles. The van der Waals surface area contributed by atoms with Crippen LogP contribution in [0.5, 0.6) is 0 Å². The summed E-state index contributed by atoms with van der Waals surface area (Å²) in [4.78, 5) is 11.1. The van der Waals surface area contributed by atoms with Crippen LogP contribution < -0.4 is 10.0 Å². The van der Waals surface area contributed by atoms with Gasteiger partial charge in [0.15, 0.2) is 0 Å². The van der Waals surface area contributed by atoms with E-state index in [4.69, 9.17) is 0 Å². The highest BCUT2D eigenvalue weighted by molar-refractivity contribution is 7.98. The molecular formula is C13H20N2O5S2. The van der Waals surface area contributed by atoms with Gasteiger partial charge in [0.25, 0.3) is 0 Å². The highest BCUT2D eigenvalue weighted by Crippen LogP contribution is 2.15. The molecule has 7 nitrogen and oxygen atoms in total. The van der Waals surface area contributed by atoms with Crippen LogP contribution in [0, 0.1) is 0 Å². The fourth-order valence-electron chi connectivity index (χ4n) is 1.58. The van der Waals surface area contributed by atoms with Crippen LogP contribution in [0.3, 0.4) is 0 Å². The van der Waals surface area contributed by atoms with Crippen LogP contribution in [0.25, 0.3) is 0 Å². The highest BCUT2D eigenvalue weighted by atomic mass is 32.2. The standard InChI is InChI=1S/C13H20N2O5S2/c1-13(17,9-21-3)8-14-22(18,19)11-6-4-10(5-7-11)15-12(16)20-2/h4-7,14,17H,8-9H2,1-3H3,(H,15,16). The van der Waals surface area contributed by atoms with Crippen LogP contribution in [-0.4, -0.2) is 50.9 Å². The summed E-state index contributed by atoms with van der Waals surface area (Å²) in [6.07, 6.45) is 1.19. The van der Waals surface area contributed by atoms with Gasteiger partial charge in [0, 0.05) is 18.0 Å². The molecule has 0 heterocycles. The van der Waals surface area contributed by atoms with Crippen molar-refractivity contribution in [3.8, 4) is 0 Å². The Kier molecular flexibility index (Phi) is 6.66. The third-order valence-electron chi connectivity index (χ3n) is 2.69. The number of thioether (sulfide) groups is 1. The number of nitrogens with one attached hydrogen (secondary N) is 2. The molecule has 0 spiro atoms. The van der Waals surface area contributed by atoms with E-state index in [0.29, 0.717) is 11.4 Å². The molecule has 0 bridgehead atoms. The van der Waals surface area contributed by atoms with Crippen molar-refractivity contribution >= 4 is 33.6 Å². The average Bonchev–Trinajstić information content (AvgIpc) is 2.46. The number of ether oxygens (including phenoxy) is 1. The maximum atomic E-state index is 12.1. The minimum Gasteiger partial charge on any atom is -0.453 e. The quantitative estimate of drug-likeness (QED) is 0.685. The summed E-state index contributed by atoms with van der Waals surface area (Å²) < 4.78 is 31.1. The second kappa shape index (κ2) is 7.82. The van der Waals surface area contributed by atoms with Gasteiger partial charge in [-0.2, -0.15) is 11.8 Å².